The first-order valence-electron chi connectivity index (χ1n) is 20.9. The van der Waals surface area contributed by atoms with Crippen LogP contribution in [0.3, 0.4) is 0 Å². The van der Waals surface area contributed by atoms with Gasteiger partial charge in [0.25, 0.3) is 0 Å². The van der Waals surface area contributed by atoms with Crippen molar-refractivity contribution in [3.8, 4) is 23.7 Å². The van der Waals surface area contributed by atoms with Gasteiger partial charge >= 0.3 is 0 Å². The van der Waals surface area contributed by atoms with Crippen molar-refractivity contribution in [1.29, 1.82) is 0 Å². The summed E-state index contributed by atoms with van der Waals surface area (Å²) in [5.74, 6) is 14.0. The third-order valence-electron chi connectivity index (χ3n) is 10.0. The zero-order valence-corrected chi connectivity index (χ0v) is 37.5. The third-order valence-corrected chi connectivity index (χ3v) is 10.0. The molecule has 4 nitrogen and oxygen atoms in total. The van der Waals surface area contributed by atoms with Gasteiger partial charge in [0, 0.05) is 47.8 Å². The molecule has 0 aliphatic heterocycles. The quantitative estimate of drug-likeness (QED) is 0.0716. The Labute approximate surface area is 361 Å². The van der Waals surface area contributed by atoms with Crippen molar-refractivity contribution in [2.24, 2.45) is 9.98 Å². The van der Waals surface area contributed by atoms with Crippen LogP contribution in [0.5, 0.6) is 0 Å². The SMILES string of the molecule is CN(C)CCN=Cc1ccc(/C=C/c2cc(C#Cc3ccc(C(C)(C)C)cc3)c(/C=C/c3ccc(C=NCCN(C)C)cc3)cc2C#Cc2ccc(C(C)(C)C)cc2)cc1. The number of aliphatic imine (C=N–C) groups is 2. The van der Waals surface area contributed by atoms with Crippen LogP contribution in [0, 0.1) is 23.7 Å². The van der Waals surface area contributed by atoms with Crippen molar-refractivity contribution in [1.82, 2.24) is 9.80 Å². The summed E-state index contributed by atoms with van der Waals surface area (Å²) in [5, 5.41) is 0. The van der Waals surface area contributed by atoms with E-state index in [2.05, 4.69) is 247 Å². The molecule has 0 radical (unpaired) electrons. The molecule has 0 bridgehead atoms. The lowest BCUT2D eigenvalue weighted by molar-refractivity contribution is 0.421. The Hall–Kier alpha value is -6.04. The predicted octanol–water partition coefficient (Wildman–Crippen LogP) is 11.4. The van der Waals surface area contributed by atoms with Gasteiger partial charge in [-0.1, -0.05) is 162 Å². The molecule has 0 heterocycles. The maximum absolute atomic E-state index is 4.58. The van der Waals surface area contributed by atoms with Crippen molar-refractivity contribution < 1.29 is 0 Å². The van der Waals surface area contributed by atoms with Crippen molar-refractivity contribution in [2.45, 2.75) is 52.4 Å². The van der Waals surface area contributed by atoms with E-state index in [0.29, 0.717) is 0 Å². The van der Waals surface area contributed by atoms with Crippen LogP contribution in [0.2, 0.25) is 0 Å². The topological polar surface area (TPSA) is 31.2 Å². The van der Waals surface area contributed by atoms with Gasteiger partial charge in [0.2, 0.25) is 0 Å². The molecule has 0 spiro atoms. The molecule has 5 rings (SSSR count). The van der Waals surface area contributed by atoms with Crippen LogP contribution in [0.25, 0.3) is 24.3 Å². The molecule has 0 unspecified atom stereocenters. The van der Waals surface area contributed by atoms with Crippen LogP contribution in [0.1, 0.15) is 108 Å². The molecule has 0 N–H and O–H groups in total. The highest BCUT2D eigenvalue weighted by atomic mass is 15.1. The van der Waals surface area contributed by atoms with Crippen LogP contribution in [-0.2, 0) is 10.8 Å². The minimum absolute atomic E-state index is 0.0770. The van der Waals surface area contributed by atoms with Crippen molar-refractivity contribution >= 4 is 36.7 Å². The lowest BCUT2D eigenvalue weighted by Crippen LogP contribution is -2.15. The summed E-state index contributed by atoms with van der Waals surface area (Å²) >= 11 is 0. The summed E-state index contributed by atoms with van der Waals surface area (Å²) in [6, 6.07) is 38.6. The number of likely N-dealkylation sites (N-methyl/N-ethyl adjacent to an activating group) is 2. The largest absolute Gasteiger partial charge is 0.308 e. The number of nitrogens with zero attached hydrogens (tertiary/aromatic N) is 4. The molecule has 0 aromatic heterocycles. The van der Waals surface area contributed by atoms with Gasteiger partial charge in [-0.3, -0.25) is 9.98 Å². The molecule has 306 valence electrons. The molecule has 4 heteroatoms. The van der Waals surface area contributed by atoms with E-state index in [1.807, 2.05) is 12.4 Å². The first-order chi connectivity index (χ1) is 28.6. The van der Waals surface area contributed by atoms with E-state index < -0.39 is 0 Å². The Bertz CT molecular complexity index is 2230. The minimum Gasteiger partial charge on any atom is -0.308 e. The molecule has 5 aromatic rings. The normalized spacial score (nSPS) is 12.2. The molecule has 5 aromatic carbocycles. The maximum atomic E-state index is 4.58. The summed E-state index contributed by atoms with van der Waals surface area (Å²) in [6.45, 7) is 16.8. The van der Waals surface area contributed by atoms with Crippen LogP contribution in [-0.4, -0.2) is 76.6 Å². The van der Waals surface area contributed by atoms with Crippen LogP contribution in [0.4, 0.5) is 0 Å². The maximum Gasteiger partial charge on any atom is 0.0516 e. The number of hydrogen-bond acceptors (Lipinski definition) is 4. The monoisotopic (exact) mass is 790 g/mol. The van der Waals surface area contributed by atoms with Gasteiger partial charge in [-0.05, 0) is 120 Å². The predicted molar refractivity (Wildman–Crippen MR) is 261 cm³/mol. The summed E-state index contributed by atoms with van der Waals surface area (Å²) < 4.78 is 0. The molecular weight excluding hydrogens is 729 g/mol. The summed E-state index contributed by atoms with van der Waals surface area (Å²) in [6.07, 6.45) is 12.5. The van der Waals surface area contributed by atoms with Gasteiger partial charge in [0.15, 0.2) is 0 Å². The molecule has 0 aliphatic rings. The zero-order valence-electron chi connectivity index (χ0n) is 37.5. The number of benzene rings is 5. The van der Waals surface area contributed by atoms with Gasteiger partial charge < -0.3 is 9.80 Å². The smallest absolute Gasteiger partial charge is 0.0516 e. The Balaban J connectivity index is 1.56. The van der Waals surface area contributed by atoms with Crippen LogP contribution in [0.15, 0.2) is 119 Å². The molecule has 0 amide bonds. The Morgan fingerprint density at radius 3 is 1.08 bits per heavy atom. The first-order valence-corrected chi connectivity index (χ1v) is 20.9. The van der Waals surface area contributed by atoms with Crippen molar-refractivity contribution in [2.75, 3.05) is 54.4 Å². The first kappa shape index (κ1) is 45.1. The molecule has 60 heavy (non-hydrogen) atoms. The Morgan fingerprint density at radius 1 is 0.433 bits per heavy atom. The van der Waals surface area contributed by atoms with Gasteiger partial charge in [-0.2, -0.15) is 0 Å². The van der Waals surface area contributed by atoms with Crippen LogP contribution < -0.4 is 0 Å². The van der Waals surface area contributed by atoms with Gasteiger partial charge in [-0.15, -0.1) is 0 Å². The lowest BCUT2D eigenvalue weighted by atomic mass is 9.87. The molecule has 0 atom stereocenters. The second-order valence-corrected chi connectivity index (χ2v) is 17.9. The molecule has 0 fully saturated rings. The third kappa shape index (κ3) is 14.7. The summed E-state index contributed by atoms with van der Waals surface area (Å²) in [5.41, 5.74) is 12.9. The van der Waals surface area contributed by atoms with E-state index in [0.717, 1.165) is 81.8 Å². The van der Waals surface area contributed by atoms with Crippen molar-refractivity contribution in [3.05, 3.63) is 176 Å². The van der Waals surface area contributed by atoms with E-state index in [1.165, 1.54) is 11.1 Å². The highest BCUT2D eigenvalue weighted by Crippen LogP contribution is 2.25. The standard InChI is InChI=1S/C56H62N4/c1-55(2,3)53-31-23-45(24-32-53)21-29-51-39-50(28-20-44-13-17-48(18-14-44)42-58-36-38-60(9)10)52(30-22-46-25-33-54(34-26-46)56(4,5)6)40-49(51)27-19-43-11-15-47(16-12-43)41-57-35-37-59(7)8/h11-20,23-28,31-34,39-42H,35-38H2,1-10H3/b27-19+,28-20+,57-41?,58-42?. The highest BCUT2D eigenvalue weighted by molar-refractivity contribution is 5.83. The highest BCUT2D eigenvalue weighted by Gasteiger charge is 2.14. The Kier molecular flexibility index (Phi) is 16.0. The van der Waals surface area contributed by atoms with Crippen LogP contribution >= 0.6 is 0 Å². The van der Waals surface area contributed by atoms with E-state index in [4.69, 9.17) is 0 Å². The molecule has 0 saturated heterocycles. The molecule has 0 aliphatic carbocycles. The summed E-state index contributed by atoms with van der Waals surface area (Å²) in [4.78, 5) is 13.4. The second kappa shape index (κ2) is 21.3. The van der Waals surface area contributed by atoms with Gasteiger partial charge in [-0.25, -0.2) is 0 Å². The van der Waals surface area contributed by atoms with E-state index >= 15 is 0 Å². The fourth-order valence-corrected chi connectivity index (χ4v) is 6.13. The fourth-order valence-electron chi connectivity index (χ4n) is 6.13. The molecular formula is C56H62N4. The van der Waals surface area contributed by atoms with E-state index in [-0.39, 0.29) is 10.8 Å². The fraction of sp³-hybridized carbons (Fsp3) is 0.286. The minimum atomic E-state index is 0.0770. The zero-order chi connectivity index (χ0) is 43.1. The number of rotatable bonds is 12. The Morgan fingerprint density at radius 2 is 0.767 bits per heavy atom. The lowest BCUT2D eigenvalue weighted by Gasteiger charge is -2.18. The van der Waals surface area contributed by atoms with Crippen molar-refractivity contribution in [3.63, 3.8) is 0 Å². The van der Waals surface area contributed by atoms with E-state index in [9.17, 15) is 0 Å². The van der Waals surface area contributed by atoms with E-state index in [1.54, 1.807) is 0 Å². The van der Waals surface area contributed by atoms with Gasteiger partial charge in [0.05, 0.1) is 13.1 Å². The average Bonchev–Trinajstić information content (AvgIpc) is 3.21. The number of hydrogen-bond donors (Lipinski definition) is 0. The second-order valence-electron chi connectivity index (χ2n) is 17.9. The molecule has 0 saturated carbocycles. The average molecular weight is 791 g/mol. The summed E-state index contributed by atoms with van der Waals surface area (Å²) in [7, 11) is 8.26. The van der Waals surface area contributed by atoms with Gasteiger partial charge in [0.1, 0.15) is 0 Å².